The van der Waals surface area contributed by atoms with E-state index in [1.54, 1.807) is 40.6 Å². The van der Waals surface area contributed by atoms with Crippen molar-refractivity contribution in [3.63, 3.8) is 0 Å². The van der Waals surface area contributed by atoms with Crippen LogP contribution in [0.2, 0.25) is 0 Å². The molecule has 2 aliphatic heterocycles. The number of hydrogen-bond acceptors (Lipinski definition) is 10. The van der Waals surface area contributed by atoms with E-state index in [1.165, 1.54) is 133 Å². The van der Waals surface area contributed by atoms with Gasteiger partial charge >= 0.3 is 0 Å². The third kappa shape index (κ3) is 17.9. The second kappa shape index (κ2) is 35.1. The molecule has 2 aliphatic rings. The molecule has 0 aliphatic carbocycles. The van der Waals surface area contributed by atoms with Crippen LogP contribution in [0.15, 0.2) is 47.5 Å². The first-order chi connectivity index (χ1) is 39.8. The van der Waals surface area contributed by atoms with E-state index in [0.717, 1.165) is 60.8 Å². The molecule has 2 saturated heterocycles. The van der Waals surface area contributed by atoms with Crippen molar-refractivity contribution in [2.75, 3.05) is 54.6 Å². The van der Waals surface area contributed by atoms with E-state index < -0.39 is 23.6 Å². The summed E-state index contributed by atoms with van der Waals surface area (Å²) < 4.78 is 23.9. The van der Waals surface area contributed by atoms with Gasteiger partial charge < -0.3 is 18.9 Å². The van der Waals surface area contributed by atoms with E-state index in [-0.39, 0.29) is 21.4 Å². The summed E-state index contributed by atoms with van der Waals surface area (Å²) in [5, 5.41) is 0.416. The van der Waals surface area contributed by atoms with Crippen LogP contribution in [0.25, 0.3) is 36.5 Å². The number of likely N-dealkylation sites (N-methyl/N-ethyl adjacent to an activating group) is 4. The summed E-state index contributed by atoms with van der Waals surface area (Å²) in [6.07, 6.45) is 38.4. The molecule has 4 amide bonds. The van der Waals surface area contributed by atoms with Crippen LogP contribution in [0.1, 0.15) is 214 Å². The van der Waals surface area contributed by atoms with Gasteiger partial charge in [-0.05, 0) is 136 Å². The van der Waals surface area contributed by atoms with Crippen LogP contribution >= 0.6 is 24.4 Å². The number of thiocarbonyl (C=S) groups is 2. The van der Waals surface area contributed by atoms with Crippen molar-refractivity contribution in [1.82, 2.24) is 19.6 Å². The maximum absolute atomic E-state index is 13.7. The molecule has 0 spiro atoms. The lowest BCUT2D eigenvalue weighted by molar-refractivity contribution is -0.135. The molecule has 2 heterocycles. The van der Waals surface area contributed by atoms with Crippen LogP contribution in [-0.2, 0) is 32.0 Å². The molecular weight excluding hydrogens is 1060 g/mol. The Kier molecular flexibility index (Phi) is 28.6. The molecule has 2 fully saturated rings. The number of nitrogens with zero attached hydrogens (tertiary/aromatic N) is 4. The Morgan fingerprint density at radius 1 is 0.341 bits per heavy atom. The standard InChI is InChI=1S/C68H94N4O8S2/c1-11-17-19-21-23-25-27-29-31-33-35-49-41-52(38-40-54-46-62(80-10)56(48-60(54)78-8)44-58-65(75)71(15-5)68(82)72(16-6)66(58)76)50(36-34-32-30-28-26-24-22-20-18-12-2)42-51(49)37-39-53-45-61(79-9)55(47-59(53)77-7)43-57-63(73)69(13-3)67(81)70(14-4)64(57)74/h37-48H,11-36H2,1-10H3/b39-37+,40-38+. The van der Waals surface area contributed by atoms with Gasteiger partial charge in [0.2, 0.25) is 0 Å². The van der Waals surface area contributed by atoms with E-state index >= 15 is 0 Å². The number of carbonyl (C=O) groups excluding carboxylic acids is 4. The molecule has 82 heavy (non-hydrogen) atoms. The number of hydrogen-bond donors (Lipinski definition) is 0. The Labute approximate surface area is 502 Å². The lowest BCUT2D eigenvalue weighted by Crippen LogP contribution is -2.55. The summed E-state index contributed by atoms with van der Waals surface area (Å²) in [7, 11) is 6.41. The molecule has 0 aromatic heterocycles. The Morgan fingerprint density at radius 3 is 0.854 bits per heavy atom. The normalized spacial score (nSPS) is 14.2. The lowest BCUT2D eigenvalue weighted by atomic mass is 9.91. The highest BCUT2D eigenvalue weighted by molar-refractivity contribution is 7.80. The van der Waals surface area contributed by atoms with Crippen molar-refractivity contribution in [3.8, 4) is 23.0 Å². The van der Waals surface area contributed by atoms with Gasteiger partial charge in [0.15, 0.2) is 10.2 Å². The molecule has 0 unspecified atom stereocenters. The van der Waals surface area contributed by atoms with E-state index in [1.807, 2.05) is 52.0 Å². The van der Waals surface area contributed by atoms with Gasteiger partial charge in [-0.1, -0.05) is 166 Å². The third-order valence-corrected chi connectivity index (χ3v) is 16.6. The monoisotopic (exact) mass is 1160 g/mol. The second-order valence-electron chi connectivity index (χ2n) is 21.3. The van der Waals surface area contributed by atoms with Crippen LogP contribution in [0, 0.1) is 0 Å². The van der Waals surface area contributed by atoms with Crippen molar-refractivity contribution in [2.24, 2.45) is 0 Å². The summed E-state index contributed by atoms with van der Waals surface area (Å²) in [6, 6.07) is 12.1. The zero-order chi connectivity index (χ0) is 59.6. The molecular formula is C68H94N4O8S2. The van der Waals surface area contributed by atoms with E-state index in [2.05, 4.69) is 50.3 Å². The van der Waals surface area contributed by atoms with E-state index in [0.29, 0.717) is 60.3 Å². The van der Waals surface area contributed by atoms with Crippen molar-refractivity contribution in [3.05, 3.63) is 92.1 Å². The van der Waals surface area contributed by atoms with Crippen LogP contribution in [0.3, 0.4) is 0 Å². The highest BCUT2D eigenvalue weighted by Gasteiger charge is 2.39. The fourth-order valence-corrected chi connectivity index (χ4v) is 11.7. The van der Waals surface area contributed by atoms with Gasteiger partial charge in [0, 0.05) is 48.4 Å². The predicted octanol–water partition coefficient (Wildman–Crippen LogP) is 15.7. The number of benzene rings is 3. The summed E-state index contributed by atoms with van der Waals surface area (Å²) in [4.78, 5) is 60.4. The second-order valence-corrected chi connectivity index (χ2v) is 22.1. The number of rotatable bonds is 36. The number of amides is 4. The Balaban J connectivity index is 1.57. The van der Waals surface area contributed by atoms with Crippen LogP contribution in [0.4, 0.5) is 0 Å². The molecule has 5 rings (SSSR count). The fourth-order valence-electron chi connectivity index (χ4n) is 10.9. The van der Waals surface area contributed by atoms with Gasteiger partial charge in [-0.15, -0.1) is 0 Å². The summed E-state index contributed by atoms with van der Waals surface area (Å²) >= 11 is 11.0. The number of aryl methyl sites for hydroxylation is 2. The topological polar surface area (TPSA) is 118 Å². The van der Waals surface area contributed by atoms with Crippen LogP contribution in [-0.4, -0.2) is 108 Å². The lowest BCUT2D eigenvalue weighted by Gasteiger charge is -2.35. The Bertz CT molecular complexity index is 2550. The molecule has 0 bridgehead atoms. The molecule has 14 heteroatoms. The van der Waals surface area contributed by atoms with Gasteiger partial charge in [-0.3, -0.25) is 38.8 Å². The molecule has 3 aromatic rings. The SMILES string of the molecule is CCCCCCCCCCCCc1cc(/C=C/c2cc(OC)c(C=C3C(=O)N(CC)C(=S)N(CC)C3=O)cc2OC)c(CCCCCCCCCCCC)cc1/C=C/c1cc(OC)c(C=C2C(=O)N(CC)C(=S)N(CC)C2=O)cc1OC. The van der Waals surface area contributed by atoms with Gasteiger partial charge in [0.05, 0.1) is 28.4 Å². The van der Waals surface area contributed by atoms with Crippen molar-refractivity contribution >= 4 is 94.7 Å². The zero-order valence-electron chi connectivity index (χ0n) is 51.2. The minimum absolute atomic E-state index is 0.0111. The molecule has 0 radical (unpaired) electrons. The van der Waals surface area contributed by atoms with Crippen LogP contribution in [0.5, 0.6) is 23.0 Å². The predicted molar refractivity (Wildman–Crippen MR) is 345 cm³/mol. The number of methoxy groups -OCH3 is 4. The molecule has 3 aromatic carbocycles. The highest BCUT2D eigenvalue weighted by atomic mass is 32.1. The highest BCUT2D eigenvalue weighted by Crippen LogP contribution is 2.36. The van der Waals surface area contributed by atoms with Crippen molar-refractivity contribution in [1.29, 1.82) is 0 Å². The first kappa shape index (κ1) is 66.7. The van der Waals surface area contributed by atoms with Gasteiger partial charge in [0.1, 0.15) is 34.1 Å². The molecule has 12 nitrogen and oxygen atoms in total. The average Bonchev–Trinajstić information content (AvgIpc) is 3.51. The summed E-state index contributed by atoms with van der Waals surface area (Å²) in [5.74, 6) is 0.348. The van der Waals surface area contributed by atoms with Crippen molar-refractivity contribution in [2.45, 2.75) is 183 Å². The minimum atomic E-state index is -0.440. The summed E-state index contributed by atoms with van der Waals surface area (Å²) in [5.41, 5.74) is 7.39. The molecule has 0 saturated carbocycles. The maximum atomic E-state index is 13.7. The number of unbranched alkanes of at least 4 members (excludes halogenated alkanes) is 18. The fraction of sp³-hybridized carbons (Fsp3) is 0.529. The quantitative estimate of drug-likeness (QED) is 0.0183. The Morgan fingerprint density at radius 2 is 0.585 bits per heavy atom. The Hall–Kier alpha value is -6.12. The van der Waals surface area contributed by atoms with E-state index in [4.69, 9.17) is 43.4 Å². The third-order valence-electron chi connectivity index (χ3n) is 15.7. The first-order valence-corrected chi connectivity index (χ1v) is 31.4. The number of carbonyl (C=O) groups is 4. The minimum Gasteiger partial charge on any atom is -0.496 e. The van der Waals surface area contributed by atoms with Crippen molar-refractivity contribution < 1.29 is 38.1 Å². The molecule has 0 atom stereocenters. The zero-order valence-corrected chi connectivity index (χ0v) is 52.8. The van der Waals surface area contributed by atoms with Crippen LogP contribution < -0.4 is 18.9 Å². The van der Waals surface area contributed by atoms with Gasteiger partial charge in [0.25, 0.3) is 23.6 Å². The summed E-state index contributed by atoms with van der Waals surface area (Å²) in [6.45, 7) is 13.2. The van der Waals surface area contributed by atoms with Gasteiger partial charge in [-0.2, -0.15) is 0 Å². The van der Waals surface area contributed by atoms with E-state index in [9.17, 15) is 19.2 Å². The molecule has 0 N–H and O–H groups in total. The first-order valence-electron chi connectivity index (χ1n) is 30.6. The average molecular weight is 1160 g/mol. The smallest absolute Gasteiger partial charge is 0.265 e. The number of ether oxygens (including phenoxy) is 4. The molecule has 446 valence electrons. The largest absolute Gasteiger partial charge is 0.496 e. The van der Waals surface area contributed by atoms with Gasteiger partial charge in [-0.25, -0.2) is 0 Å². The maximum Gasteiger partial charge on any atom is 0.265 e.